The van der Waals surface area contributed by atoms with Gasteiger partial charge < -0.3 is 18.4 Å². The van der Waals surface area contributed by atoms with Crippen LogP contribution in [0.3, 0.4) is 0 Å². The van der Waals surface area contributed by atoms with Gasteiger partial charge in [0, 0.05) is 25.9 Å². The first-order chi connectivity index (χ1) is 13.1. The molecule has 0 atom stereocenters. The van der Waals surface area contributed by atoms with Crippen molar-refractivity contribution in [1.29, 1.82) is 0 Å². The summed E-state index contributed by atoms with van der Waals surface area (Å²) in [4.78, 5) is 0. The molecule has 162 valence electrons. The van der Waals surface area contributed by atoms with Crippen molar-refractivity contribution in [3.63, 3.8) is 0 Å². The number of rotatable bonds is 12. The molecule has 0 aromatic heterocycles. The van der Waals surface area contributed by atoms with Gasteiger partial charge in [-0.3, -0.25) is 0 Å². The zero-order valence-electron chi connectivity index (χ0n) is 19.4. The van der Waals surface area contributed by atoms with Crippen LogP contribution in [0.1, 0.15) is 78.5 Å². The van der Waals surface area contributed by atoms with Crippen LogP contribution in [-0.4, -0.2) is 33.7 Å². The first kappa shape index (κ1) is 25.2. The van der Waals surface area contributed by atoms with E-state index in [9.17, 15) is 5.11 Å². The minimum Gasteiger partial charge on any atom is -0.507 e. The predicted molar refractivity (Wildman–Crippen MR) is 119 cm³/mol. The van der Waals surface area contributed by atoms with Gasteiger partial charge in [0.05, 0.1) is 0 Å². The van der Waals surface area contributed by atoms with Crippen molar-refractivity contribution in [2.75, 3.05) is 19.8 Å². The molecule has 0 bridgehead atoms. The van der Waals surface area contributed by atoms with E-state index >= 15 is 0 Å². The van der Waals surface area contributed by atoms with E-state index in [1.54, 1.807) is 0 Å². The third-order valence-electron chi connectivity index (χ3n) is 4.73. The zero-order valence-corrected chi connectivity index (χ0v) is 20.4. The molecular formula is C23H42O4Si. The lowest BCUT2D eigenvalue weighted by Crippen LogP contribution is -2.46. The number of aromatic hydroxyl groups is 1. The molecule has 1 aromatic rings. The Morgan fingerprint density at radius 1 is 0.964 bits per heavy atom. The quantitative estimate of drug-likeness (QED) is 0.438. The summed E-state index contributed by atoms with van der Waals surface area (Å²) in [5.74, 6) is 0.967. The number of hydrogen-bond donors (Lipinski definition) is 1. The lowest BCUT2D eigenvalue weighted by atomic mass is 9.82. The van der Waals surface area contributed by atoms with Gasteiger partial charge in [0.15, 0.2) is 0 Å². The molecule has 0 fully saturated rings. The second-order valence-electron chi connectivity index (χ2n) is 8.83. The average molecular weight is 411 g/mol. The van der Waals surface area contributed by atoms with Gasteiger partial charge in [-0.05, 0) is 68.1 Å². The number of hydrogen-bond acceptors (Lipinski definition) is 4. The van der Waals surface area contributed by atoms with Crippen molar-refractivity contribution in [3.05, 3.63) is 28.8 Å². The Labute approximate surface area is 174 Å². The molecular weight excluding hydrogens is 368 g/mol. The largest absolute Gasteiger partial charge is 0.507 e. The van der Waals surface area contributed by atoms with Gasteiger partial charge in [0.2, 0.25) is 0 Å². The van der Waals surface area contributed by atoms with Crippen molar-refractivity contribution in [1.82, 2.24) is 0 Å². The Hall–Kier alpha value is -0.883. The van der Waals surface area contributed by atoms with Gasteiger partial charge >= 0.3 is 8.80 Å². The van der Waals surface area contributed by atoms with Gasteiger partial charge in [0.1, 0.15) is 5.75 Å². The Kier molecular flexibility index (Phi) is 10.2. The van der Waals surface area contributed by atoms with E-state index < -0.39 is 8.80 Å². The lowest BCUT2D eigenvalue weighted by molar-refractivity contribution is 0.0708. The van der Waals surface area contributed by atoms with Gasteiger partial charge in [0.25, 0.3) is 0 Å². The first-order valence-corrected chi connectivity index (χ1v) is 12.8. The summed E-state index contributed by atoms with van der Waals surface area (Å²) >= 11 is 0. The molecule has 1 aromatic carbocycles. The van der Waals surface area contributed by atoms with Crippen LogP contribution < -0.4 is 0 Å². The van der Waals surface area contributed by atoms with Gasteiger partial charge in [-0.25, -0.2) is 0 Å². The van der Waals surface area contributed by atoms with Crippen LogP contribution in [0.5, 0.6) is 5.75 Å². The van der Waals surface area contributed by atoms with Gasteiger partial charge in [-0.15, -0.1) is 0 Å². The van der Waals surface area contributed by atoms with E-state index in [1.165, 1.54) is 5.56 Å². The fourth-order valence-electron chi connectivity index (χ4n) is 3.58. The fraction of sp³-hybridized carbons (Fsp3) is 0.739. The Bertz CT molecular complexity index is 576. The summed E-state index contributed by atoms with van der Waals surface area (Å²) in [5.41, 5.74) is 3.27. The molecule has 0 unspecified atom stereocenters. The van der Waals surface area contributed by atoms with Gasteiger partial charge in [-0.2, -0.15) is 0 Å². The van der Waals surface area contributed by atoms with Crippen LogP contribution >= 0.6 is 0 Å². The summed E-state index contributed by atoms with van der Waals surface area (Å²) in [6.45, 7) is 18.7. The molecule has 28 heavy (non-hydrogen) atoms. The highest BCUT2D eigenvalue weighted by molar-refractivity contribution is 6.60. The summed E-state index contributed by atoms with van der Waals surface area (Å²) in [5, 5.41) is 10.8. The molecule has 0 radical (unpaired) electrons. The van der Waals surface area contributed by atoms with E-state index in [0.717, 1.165) is 36.4 Å². The molecule has 5 heteroatoms. The highest BCUT2D eigenvalue weighted by Gasteiger charge is 2.39. The molecule has 0 saturated heterocycles. The molecule has 1 N–H and O–H groups in total. The number of benzene rings is 1. The summed E-state index contributed by atoms with van der Waals surface area (Å²) < 4.78 is 17.9. The van der Waals surface area contributed by atoms with Crippen LogP contribution in [0.25, 0.3) is 0 Å². The maximum atomic E-state index is 10.8. The highest BCUT2D eigenvalue weighted by Crippen LogP contribution is 2.36. The smallest absolute Gasteiger partial charge is 0.500 e. The van der Waals surface area contributed by atoms with Crippen LogP contribution in [0, 0.1) is 5.92 Å². The van der Waals surface area contributed by atoms with Crippen LogP contribution in [-0.2, 0) is 31.5 Å². The van der Waals surface area contributed by atoms with Crippen molar-refractivity contribution < 1.29 is 18.4 Å². The Morgan fingerprint density at radius 2 is 1.50 bits per heavy atom. The SMILES string of the molecule is CCO[Si](CCCc1cc(CC(C)C)c(O)c(C(C)(C)C)c1)(OCC)OCC. The predicted octanol–water partition coefficient (Wildman–Crippen LogP) is 5.87. The third-order valence-corrected chi connectivity index (χ3v) is 7.88. The standard InChI is InChI=1S/C23H42O4Si/c1-9-25-28(26-10-2,27-11-3)14-12-13-19-16-20(15-18(4)5)22(24)21(17-19)23(6,7)8/h16-18,24H,9-15H2,1-8H3. The van der Waals surface area contributed by atoms with Crippen molar-refractivity contribution >= 4 is 8.80 Å². The molecule has 1 rings (SSSR count). The maximum Gasteiger partial charge on any atom is 0.500 e. The van der Waals surface area contributed by atoms with Crippen LogP contribution in [0.15, 0.2) is 12.1 Å². The van der Waals surface area contributed by atoms with E-state index in [4.69, 9.17) is 13.3 Å². The second kappa shape index (κ2) is 11.3. The normalized spacial score (nSPS) is 12.8. The van der Waals surface area contributed by atoms with Gasteiger partial charge in [-0.1, -0.05) is 46.8 Å². The van der Waals surface area contributed by atoms with E-state index in [0.29, 0.717) is 31.5 Å². The molecule has 0 heterocycles. The molecule has 0 saturated carbocycles. The molecule has 0 aliphatic carbocycles. The Morgan fingerprint density at radius 3 is 1.93 bits per heavy atom. The molecule has 4 nitrogen and oxygen atoms in total. The molecule has 0 spiro atoms. The molecule has 0 aliphatic rings. The minimum atomic E-state index is -2.60. The van der Waals surface area contributed by atoms with Crippen molar-refractivity contribution in [2.45, 2.75) is 86.1 Å². The third kappa shape index (κ3) is 7.51. The van der Waals surface area contributed by atoms with Crippen molar-refractivity contribution in [2.24, 2.45) is 5.92 Å². The van der Waals surface area contributed by atoms with Crippen molar-refractivity contribution in [3.8, 4) is 5.75 Å². The molecule has 0 amide bonds. The highest BCUT2D eigenvalue weighted by atomic mass is 28.4. The number of phenols is 1. The lowest BCUT2D eigenvalue weighted by Gasteiger charge is -2.28. The topological polar surface area (TPSA) is 47.9 Å². The number of phenolic OH excluding ortho intramolecular Hbond substituents is 1. The van der Waals surface area contributed by atoms with E-state index in [1.807, 2.05) is 20.8 Å². The summed E-state index contributed by atoms with van der Waals surface area (Å²) in [6.07, 6.45) is 2.76. The monoisotopic (exact) mass is 410 g/mol. The first-order valence-electron chi connectivity index (χ1n) is 10.9. The fourth-order valence-corrected chi connectivity index (χ4v) is 6.19. The van der Waals surface area contributed by atoms with Crippen LogP contribution in [0.2, 0.25) is 6.04 Å². The minimum absolute atomic E-state index is 0.0910. The summed E-state index contributed by atoms with van der Waals surface area (Å²) in [7, 11) is -2.60. The van der Waals surface area contributed by atoms with E-state index in [-0.39, 0.29) is 5.41 Å². The van der Waals surface area contributed by atoms with E-state index in [2.05, 4.69) is 46.8 Å². The summed E-state index contributed by atoms with van der Waals surface area (Å²) in [6, 6.07) is 5.16. The molecule has 0 aliphatic heterocycles. The maximum absolute atomic E-state index is 10.8. The number of aryl methyl sites for hydroxylation is 1. The second-order valence-corrected chi connectivity index (χ2v) is 11.6. The Balaban J connectivity index is 3.03. The van der Waals surface area contributed by atoms with Crippen LogP contribution in [0.4, 0.5) is 0 Å². The zero-order chi connectivity index (χ0) is 21.4. The average Bonchev–Trinajstić information content (AvgIpc) is 2.56.